The van der Waals surface area contributed by atoms with E-state index in [-0.39, 0.29) is 12.0 Å². The molecule has 0 fully saturated rings. The van der Waals surface area contributed by atoms with Crippen LogP contribution in [0.1, 0.15) is 64.2 Å². The Morgan fingerprint density at radius 2 is 1.20 bits per heavy atom. The molecule has 0 aliphatic carbocycles. The molecule has 3 N–H and O–H groups in total. The predicted molar refractivity (Wildman–Crippen MR) is 107 cm³/mol. The minimum absolute atomic E-state index is 0.111. The monoisotopic (exact) mass is 339 g/mol. The Morgan fingerprint density at radius 1 is 0.720 bits per heavy atom. The highest BCUT2D eigenvalue weighted by atomic mass is 16.3. The average Bonchev–Trinajstić information content (AvgIpc) is 2.60. The lowest BCUT2D eigenvalue weighted by molar-refractivity contribution is 0.0902. The lowest BCUT2D eigenvalue weighted by atomic mass is 9.75. The molecule has 136 valence electrons. The van der Waals surface area contributed by atoms with Crippen molar-refractivity contribution in [3.63, 3.8) is 0 Å². The zero-order chi connectivity index (χ0) is 18.7. The molecule has 0 amide bonds. The molecule has 0 radical (unpaired) electrons. The molecule has 2 rings (SSSR count). The molecular formula is C23H33NO. The second kappa shape index (κ2) is 7.31. The van der Waals surface area contributed by atoms with Gasteiger partial charge in [0.1, 0.15) is 5.60 Å². The van der Waals surface area contributed by atoms with Crippen molar-refractivity contribution in [3.05, 3.63) is 71.3 Å². The SMILES string of the molecule is CC(C)(C)CCC(C)(C)c1ccc(C(O)(CN)c2ccccc2)cc1. The van der Waals surface area contributed by atoms with Crippen molar-refractivity contribution in [3.8, 4) is 0 Å². The summed E-state index contributed by atoms with van der Waals surface area (Å²) in [5, 5.41) is 11.1. The summed E-state index contributed by atoms with van der Waals surface area (Å²) < 4.78 is 0. The summed E-state index contributed by atoms with van der Waals surface area (Å²) in [7, 11) is 0. The molecule has 1 unspecified atom stereocenters. The second-order valence-electron chi connectivity index (χ2n) is 8.95. The molecule has 0 saturated heterocycles. The van der Waals surface area contributed by atoms with Crippen molar-refractivity contribution in [1.29, 1.82) is 0 Å². The maximum atomic E-state index is 11.1. The van der Waals surface area contributed by atoms with Crippen LogP contribution in [0.3, 0.4) is 0 Å². The molecule has 0 bridgehead atoms. The minimum atomic E-state index is -1.14. The first-order valence-corrected chi connectivity index (χ1v) is 9.17. The molecule has 0 heterocycles. The van der Waals surface area contributed by atoms with Crippen molar-refractivity contribution in [2.24, 2.45) is 11.1 Å². The maximum Gasteiger partial charge on any atom is 0.127 e. The number of benzene rings is 2. The van der Waals surface area contributed by atoms with Crippen LogP contribution in [-0.2, 0) is 11.0 Å². The topological polar surface area (TPSA) is 46.2 Å². The largest absolute Gasteiger partial charge is 0.379 e. The van der Waals surface area contributed by atoms with E-state index in [9.17, 15) is 5.11 Å². The van der Waals surface area contributed by atoms with Crippen LogP contribution in [0.5, 0.6) is 0 Å². The van der Waals surface area contributed by atoms with Gasteiger partial charge in [0.25, 0.3) is 0 Å². The van der Waals surface area contributed by atoms with Crippen LogP contribution in [0.2, 0.25) is 0 Å². The van der Waals surface area contributed by atoms with E-state index in [1.807, 2.05) is 42.5 Å². The average molecular weight is 340 g/mol. The third-order valence-corrected chi connectivity index (χ3v) is 5.19. The van der Waals surface area contributed by atoms with Gasteiger partial charge in [0.15, 0.2) is 0 Å². The van der Waals surface area contributed by atoms with Gasteiger partial charge in [-0.15, -0.1) is 0 Å². The fraction of sp³-hybridized carbons (Fsp3) is 0.478. The van der Waals surface area contributed by atoms with Gasteiger partial charge in [0.05, 0.1) is 0 Å². The van der Waals surface area contributed by atoms with Gasteiger partial charge in [0.2, 0.25) is 0 Å². The highest BCUT2D eigenvalue weighted by Crippen LogP contribution is 2.35. The highest BCUT2D eigenvalue weighted by molar-refractivity contribution is 5.39. The zero-order valence-electron chi connectivity index (χ0n) is 16.3. The van der Waals surface area contributed by atoms with E-state index in [0.717, 1.165) is 17.5 Å². The summed E-state index contributed by atoms with van der Waals surface area (Å²) in [6.45, 7) is 11.6. The smallest absolute Gasteiger partial charge is 0.127 e. The molecule has 1 atom stereocenters. The van der Waals surface area contributed by atoms with Crippen LogP contribution < -0.4 is 5.73 Å². The quantitative estimate of drug-likeness (QED) is 0.779. The predicted octanol–water partition coefficient (Wildman–Crippen LogP) is 4.99. The molecule has 2 heteroatoms. The van der Waals surface area contributed by atoms with E-state index in [1.54, 1.807) is 0 Å². The van der Waals surface area contributed by atoms with Crippen molar-refractivity contribution in [2.45, 2.75) is 58.5 Å². The fourth-order valence-electron chi connectivity index (χ4n) is 3.15. The molecule has 2 aromatic rings. The second-order valence-corrected chi connectivity index (χ2v) is 8.95. The number of hydrogen-bond donors (Lipinski definition) is 2. The first-order chi connectivity index (χ1) is 11.6. The van der Waals surface area contributed by atoms with E-state index >= 15 is 0 Å². The fourth-order valence-corrected chi connectivity index (χ4v) is 3.15. The van der Waals surface area contributed by atoms with Crippen LogP contribution in [0.15, 0.2) is 54.6 Å². The molecule has 25 heavy (non-hydrogen) atoms. The van der Waals surface area contributed by atoms with Crippen molar-refractivity contribution >= 4 is 0 Å². The Balaban J connectivity index is 2.26. The number of rotatable bonds is 6. The van der Waals surface area contributed by atoms with Crippen molar-refractivity contribution < 1.29 is 5.11 Å². The van der Waals surface area contributed by atoms with Gasteiger partial charge in [-0.25, -0.2) is 0 Å². The van der Waals surface area contributed by atoms with Crippen molar-refractivity contribution in [1.82, 2.24) is 0 Å². The van der Waals surface area contributed by atoms with Crippen LogP contribution in [0, 0.1) is 5.41 Å². The summed E-state index contributed by atoms with van der Waals surface area (Å²) >= 11 is 0. The standard InChI is InChI=1S/C23H33NO/c1-21(2,3)15-16-22(4,5)18-11-13-20(14-12-18)23(25,17-24)19-9-7-6-8-10-19/h6-14,25H,15-17,24H2,1-5H3. The van der Waals surface area contributed by atoms with Gasteiger partial charge < -0.3 is 10.8 Å². The Labute approximate surface area is 153 Å². The third-order valence-electron chi connectivity index (χ3n) is 5.19. The molecule has 0 aliphatic rings. The van der Waals surface area contributed by atoms with E-state index in [2.05, 4.69) is 46.8 Å². The molecule has 0 aromatic heterocycles. The number of aliphatic hydroxyl groups is 1. The van der Waals surface area contributed by atoms with Crippen LogP contribution in [0.4, 0.5) is 0 Å². The molecule has 0 saturated carbocycles. The van der Waals surface area contributed by atoms with E-state index in [4.69, 9.17) is 5.73 Å². The van der Waals surface area contributed by atoms with Crippen LogP contribution in [-0.4, -0.2) is 11.7 Å². The summed E-state index contributed by atoms with van der Waals surface area (Å²) in [5.74, 6) is 0. The zero-order valence-corrected chi connectivity index (χ0v) is 16.3. The van der Waals surface area contributed by atoms with Crippen LogP contribution in [0.25, 0.3) is 0 Å². The summed E-state index contributed by atoms with van der Waals surface area (Å²) in [5.41, 5.74) is 8.22. The van der Waals surface area contributed by atoms with Gasteiger partial charge in [0, 0.05) is 6.54 Å². The van der Waals surface area contributed by atoms with Gasteiger partial charge in [-0.2, -0.15) is 0 Å². The Hall–Kier alpha value is -1.64. The normalized spacial score (nSPS) is 15.0. The molecular weight excluding hydrogens is 306 g/mol. The summed E-state index contributed by atoms with van der Waals surface area (Å²) in [6, 6.07) is 18.0. The summed E-state index contributed by atoms with van der Waals surface area (Å²) in [4.78, 5) is 0. The molecule has 2 aromatic carbocycles. The Morgan fingerprint density at radius 3 is 1.68 bits per heavy atom. The van der Waals surface area contributed by atoms with E-state index in [0.29, 0.717) is 5.41 Å². The first-order valence-electron chi connectivity index (χ1n) is 9.17. The minimum Gasteiger partial charge on any atom is -0.379 e. The molecule has 0 aliphatic heterocycles. The Bertz CT molecular complexity index is 667. The van der Waals surface area contributed by atoms with Crippen LogP contribution >= 0.6 is 0 Å². The van der Waals surface area contributed by atoms with E-state index in [1.165, 1.54) is 12.0 Å². The van der Waals surface area contributed by atoms with Gasteiger partial charge >= 0.3 is 0 Å². The van der Waals surface area contributed by atoms with E-state index < -0.39 is 5.60 Å². The summed E-state index contributed by atoms with van der Waals surface area (Å²) in [6.07, 6.45) is 2.31. The highest BCUT2D eigenvalue weighted by Gasteiger charge is 2.30. The lowest BCUT2D eigenvalue weighted by Gasteiger charge is -2.31. The lowest BCUT2D eigenvalue weighted by Crippen LogP contribution is -2.36. The number of hydrogen-bond acceptors (Lipinski definition) is 2. The van der Waals surface area contributed by atoms with Gasteiger partial charge in [-0.3, -0.25) is 0 Å². The van der Waals surface area contributed by atoms with Crippen molar-refractivity contribution in [2.75, 3.05) is 6.54 Å². The van der Waals surface area contributed by atoms with Gasteiger partial charge in [-0.1, -0.05) is 89.2 Å². The maximum absolute atomic E-state index is 11.1. The molecule has 2 nitrogen and oxygen atoms in total. The number of nitrogens with two attached hydrogens (primary N) is 1. The molecule has 0 spiro atoms. The first kappa shape index (κ1) is 19.7. The van der Waals surface area contributed by atoms with Gasteiger partial charge in [-0.05, 0) is 40.4 Å². The Kier molecular flexibility index (Phi) is 5.75. The third kappa shape index (κ3) is 4.71.